The van der Waals surface area contributed by atoms with E-state index in [0.717, 1.165) is 43.2 Å². The topological polar surface area (TPSA) is 84.5 Å². The maximum Gasteiger partial charge on any atom is 0.341 e. The number of fused-ring (bicyclic) bond motifs is 1. The molecule has 0 bridgehead atoms. The third-order valence-corrected chi connectivity index (χ3v) is 5.91. The molecule has 28 heavy (non-hydrogen) atoms. The number of amides is 2. The Morgan fingerprint density at radius 2 is 1.75 bits per heavy atom. The monoisotopic (exact) mass is 400 g/mol. The summed E-state index contributed by atoms with van der Waals surface area (Å²) in [5, 5.41) is 6.18. The summed E-state index contributed by atoms with van der Waals surface area (Å²) in [5.74, 6) is -0.721. The highest BCUT2D eigenvalue weighted by Crippen LogP contribution is 2.38. The van der Waals surface area contributed by atoms with E-state index in [9.17, 15) is 14.4 Å². The Morgan fingerprint density at radius 3 is 2.43 bits per heavy atom. The van der Waals surface area contributed by atoms with E-state index < -0.39 is 5.97 Å². The van der Waals surface area contributed by atoms with Crippen LogP contribution in [0.15, 0.2) is 24.3 Å². The van der Waals surface area contributed by atoms with E-state index in [0.29, 0.717) is 16.3 Å². The number of ether oxygens (including phenoxy) is 1. The Balaban J connectivity index is 1.74. The average molecular weight is 401 g/mol. The maximum atomic E-state index is 12.6. The van der Waals surface area contributed by atoms with Crippen LogP contribution in [-0.4, -0.2) is 24.9 Å². The minimum Gasteiger partial charge on any atom is -0.465 e. The van der Waals surface area contributed by atoms with Gasteiger partial charge < -0.3 is 15.4 Å². The molecule has 2 amide bonds. The zero-order valence-corrected chi connectivity index (χ0v) is 16.9. The van der Waals surface area contributed by atoms with Gasteiger partial charge in [-0.3, -0.25) is 9.59 Å². The summed E-state index contributed by atoms with van der Waals surface area (Å²) in [7, 11) is 1.37. The molecular weight excluding hydrogens is 376 g/mol. The van der Waals surface area contributed by atoms with Crippen LogP contribution in [0.4, 0.5) is 10.7 Å². The number of nitrogens with one attached hydrogen (secondary N) is 2. The van der Waals surface area contributed by atoms with Gasteiger partial charge >= 0.3 is 5.97 Å². The standard InChI is InChI=1S/C21H24N2O4S/c1-13(24)22-15-10-8-14(9-11-15)12-18(25)23-20-19(21(26)27-2)16-6-4-3-5-7-17(16)28-20/h8-11H,3-7,12H2,1-2H3,(H,22,24)(H,23,25). The van der Waals surface area contributed by atoms with Crippen molar-refractivity contribution < 1.29 is 19.1 Å². The molecule has 0 saturated heterocycles. The van der Waals surface area contributed by atoms with Gasteiger partial charge in [-0.1, -0.05) is 18.6 Å². The molecule has 0 aliphatic heterocycles. The van der Waals surface area contributed by atoms with Crippen molar-refractivity contribution in [3.8, 4) is 0 Å². The highest BCUT2D eigenvalue weighted by molar-refractivity contribution is 7.17. The third-order valence-electron chi connectivity index (χ3n) is 4.70. The number of hydrogen-bond donors (Lipinski definition) is 2. The molecule has 7 heteroatoms. The summed E-state index contributed by atoms with van der Waals surface area (Å²) in [6, 6.07) is 7.12. The van der Waals surface area contributed by atoms with E-state index in [2.05, 4.69) is 10.6 Å². The SMILES string of the molecule is COC(=O)c1c(NC(=O)Cc2ccc(NC(C)=O)cc2)sc2c1CCCCC2. The third kappa shape index (κ3) is 4.78. The van der Waals surface area contributed by atoms with Crippen LogP contribution in [-0.2, 0) is 33.6 Å². The van der Waals surface area contributed by atoms with E-state index in [1.165, 1.54) is 30.2 Å². The van der Waals surface area contributed by atoms with Gasteiger partial charge in [0.25, 0.3) is 0 Å². The number of thiophene rings is 1. The number of carbonyl (C=O) groups is 3. The van der Waals surface area contributed by atoms with Crippen molar-refractivity contribution in [1.29, 1.82) is 0 Å². The quantitative estimate of drug-likeness (QED) is 0.588. The van der Waals surface area contributed by atoms with E-state index in [1.54, 1.807) is 24.3 Å². The molecule has 3 rings (SSSR count). The lowest BCUT2D eigenvalue weighted by Gasteiger charge is -2.08. The first-order chi connectivity index (χ1) is 13.5. The molecule has 1 aliphatic carbocycles. The predicted molar refractivity (Wildman–Crippen MR) is 110 cm³/mol. The number of methoxy groups -OCH3 is 1. The minimum atomic E-state index is -0.394. The van der Waals surface area contributed by atoms with Gasteiger partial charge in [0, 0.05) is 17.5 Å². The lowest BCUT2D eigenvalue weighted by atomic mass is 10.1. The zero-order chi connectivity index (χ0) is 20.1. The Hall–Kier alpha value is -2.67. The Labute approximate surface area is 168 Å². The molecule has 2 N–H and O–H groups in total. The summed E-state index contributed by atoms with van der Waals surface area (Å²) < 4.78 is 4.97. The molecule has 1 aromatic heterocycles. The van der Waals surface area contributed by atoms with Crippen molar-refractivity contribution in [3.05, 3.63) is 45.8 Å². The summed E-state index contributed by atoms with van der Waals surface area (Å²) in [6.07, 6.45) is 5.26. The summed E-state index contributed by atoms with van der Waals surface area (Å²) in [6.45, 7) is 1.45. The molecule has 148 valence electrons. The molecule has 0 fully saturated rings. The molecule has 6 nitrogen and oxygen atoms in total. The van der Waals surface area contributed by atoms with Crippen LogP contribution in [0.2, 0.25) is 0 Å². The highest BCUT2D eigenvalue weighted by atomic mass is 32.1. The first kappa shape index (κ1) is 20.1. The largest absolute Gasteiger partial charge is 0.465 e. The van der Waals surface area contributed by atoms with E-state index >= 15 is 0 Å². The average Bonchev–Trinajstić information content (AvgIpc) is 2.83. The summed E-state index contributed by atoms with van der Waals surface area (Å²) in [4.78, 5) is 37.2. The van der Waals surface area contributed by atoms with Gasteiger partial charge in [0.1, 0.15) is 5.00 Å². The molecule has 0 saturated carbocycles. The van der Waals surface area contributed by atoms with Gasteiger partial charge in [-0.2, -0.15) is 0 Å². The van der Waals surface area contributed by atoms with Crippen LogP contribution in [0.25, 0.3) is 0 Å². The van der Waals surface area contributed by atoms with Gasteiger partial charge in [0.05, 0.1) is 19.1 Å². The van der Waals surface area contributed by atoms with Crippen LogP contribution >= 0.6 is 11.3 Å². The van der Waals surface area contributed by atoms with E-state index in [-0.39, 0.29) is 18.2 Å². The Morgan fingerprint density at radius 1 is 1.04 bits per heavy atom. The molecule has 0 unspecified atom stereocenters. The van der Waals surface area contributed by atoms with Crippen LogP contribution < -0.4 is 10.6 Å². The first-order valence-corrected chi connectivity index (χ1v) is 10.2. The van der Waals surface area contributed by atoms with Crippen molar-refractivity contribution in [2.45, 2.75) is 45.4 Å². The van der Waals surface area contributed by atoms with Gasteiger partial charge in [-0.15, -0.1) is 11.3 Å². The van der Waals surface area contributed by atoms with Crippen molar-refractivity contribution in [2.75, 3.05) is 17.7 Å². The maximum absolute atomic E-state index is 12.6. The van der Waals surface area contributed by atoms with Crippen LogP contribution in [0.3, 0.4) is 0 Å². The highest BCUT2D eigenvalue weighted by Gasteiger charge is 2.26. The number of aryl methyl sites for hydroxylation is 1. The van der Waals surface area contributed by atoms with Crippen molar-refractivity contribution in [3.63, 3.8) is 0 Å². The predicted octanol–water partition coefficient (Wildman–Crippen LogP) is 3.94. The van der Waals surface area contributed by atoms with Crippen LogP contribution in [0.1, 0.15) is 52.5 Å². The van der Waals surface area contributed by atoms with Crippen molar-refractivity contribution in [1.82, 2.24) is 0 Å². The molecule has 1 aliphatic rings. The number of rotatable bonds is 5. The molecule has 1 aromatic carbocycles. The number of anilines is 2. The van der Waals surface area contributed by atoms with Gasteiger partial charge in [0.15, 0.2) is 0 Å². The second kappa shape index (κ2) is 9.01. The van der Waals surface area contributed by atoms with Crippen molar-refractivity contribution in [2.24, 2.45) is 0 Å². The summed E-state index contributed by atoms with van der Waals surface area (Å²) >= 11 is 1.49. The number of hydrogen-bond acceptors (Lipinski definition) is 5. The zero-order valence-electron chi connectivity index (χ0n) is 16.1. The molecule has 0 spiro atoms. The Kier molecular flexibility index (Phi) is 6.46. The second-order valence-corrected chi connectivity index (χ2v) is 7.97. The van der Waals surface area contributed by atoms with Gasteiger partial charge in [-0.25, -0.2) is 4.79 Å². The normalized spacial score (nSPS) is 13.2. The molecule has 0 radical (unpaired) electrons. The lowest BCUT2D eigenvalue weighted by Crippen LogP contribution is -2.16. The minimum absolute atomic E-state index is 0.140. The lowest BCUT2D eigenvalue weighted by molar-refractivity contribution is -0.116. The van der Waals surface area contributed by atoms with Crippen LogP contribution in [0.5, 0.6) is 0 Å². The molecule has 0 atom stereocenters. The first-order valence-electron chi connectivity index (χ1n) is 9.37. The van der Waals surface area contributed by atoms with E-state index in [4.69, 9.17) is 4.74 Å². The molecular formula is C21H24N2O4S. The summed E-state index contributed by atoms with van der Waals surface area (Å²) in [5.41, 5.74) is 3.05. The van der Waals surface area contributed by atoms with Gasteiger partial charge in [0.2, 0.25) is 11.8 Å². The number of carbonyl (C=O) groups excluding carboxylic acids is 3. The van der Waals surface area contributed by atoms with Gasteiger partial charge in [-0.05, 0) is 48.9 Å². The number of benzene rings is 1. The fraction of sp³-hybridized carbons (Fsp3) is 0.381. The second-order valence-electron chi connectivity index (χ2n) is 6.86. The smallest absolute Gasteiger partial charge is 0.341 e. The fourth-order valence-corrected chi connectivity index (χ4v) is 4.71. The molecule has 1 heterocycles. The number of esters is 1. The van der Waals surface area contributed by atoms with E-state index in [1.807, 2.05) is 0 Å². The molecule has 2 aromatic rings. The van der Waals surface area contributed by atoms with Crippen LogP contribution in [0, 0.1) is 0 Å². The van der Waals surface area contributed by atoms with Crippen molar-refractivity contribution >= 4 is 39.8 Å². The Bertz CT molecular complexity index is 887. The fourth-order valence-electron chi connectivity index (χ4n) is 3.41.